The standard InChI is InChI=1S/C14H15ClN2O3S/c1-20-14-7-4-12(10-16-14)17-21(18,19)13-5-2-11(3-6-13)8-9-15/h2-7,10,17H,8-9H2,1H3. The second-order valence-corrected chi connectivity index (χ2v) is 6.34. The highest BCUT2D eigenvalue weighted by atomic mass is 35.5. The molecule has 0 saturated heterocycles. The minimum atomic E-state index is -3.63. The second kappa shape index (κ2) is 6.78. The lowest BCUT2D eigenvalue weighted by Crippen LogP contribution is -2.13. The summed E-state index contributed by atoms with van der Waals surface area (Å²) in [7, 11) is -2.13. The first kappa shape index (κ1) is 15.6. The average Bonchev–Trinajstić information content (AvgIpc) is 2.48. The number of sulfonamides is 1. The lowest BCUT2D eigenvalue weighted by molar-refractivity contribution is 0.398. The van der Waals surface area contributed by atoms with Crippen molar-refractivity contribution in [3.8, 4) is 5.88 Å². The molecular formula is C14H15ClN2O3S. The molecule has 7 heteroatoms. The Morgan fingerprint density at radius 2 is 1.90 bits per heavy atom. The normalized spacial score (nSPS) is 11.1. The highest BCUT2D eigenvalue weighted by Crippen LogP contribution is 2.18. The summed E-state index contributed by atoms with van der Waals surface area (Å²) in [5.41, 5.74) is 1.37. The topological polar surface area (TPSA) is 68.3 Å². The van der Waals surface area contributed by atoms with E-state index in [1.54, 1.807) is 36.4 Å². The number of rotatable bonds is 6. The number of nitrogens with one attached hydrogen (secondary N) is 1. The maximum atomic E-state index is 12.2. The molecule has 0 spiro atoms. The van der Waals surface area contributed by atoms with Crippen molar-refractivity contribution in [2.45, 2.75) is 11.3 Å². The molecule has 0 fully saturated rings. The van der Waals surface area contributed by atoms with Crippen molar-refractivity contribution in [2.24, 2.45) is 0 Å². The molecule has 0 unspecified atom stereocenters. The lowest BCUT2D eigenvalue weighted by Gasteiger charge is -2.08. The van der Waals surface area contributed by atoms with Crippen molar-refractivity contribution in [1.82, 2.24) is 4.98 Å². The van der Waals surface area contributed by atoms with Gasteiger partial charge in [-0.05, 0) is 30.2 Å². The number of hydrogen-bond donors (Lipinski definition) is 1. The Hall–Kier alpha value is -1.79. The van der Waals surface area contributed by atoms with E-state index in [1.165, 1.54) is 13.3 Å². The number of hydrogen-bond acceptors (Lipinski definition) is 4. The molecule has 0 atom stereocenters. The maximum Gasteiger partial charge on any atom is 0.261 e. The third-order valence-electron chi connectivity index (χ3n) is 2.81. The van der Waals surface area contributed by atoms with E-state index in [1.807, 2.05) is 0 Å². The van der Waals surface area contributed by atoms with Gasteiger partial charge in [0.2, 0.25) is 5.88 Å². The van der Waals surface area contributed by atoms with E-state index in [0.29, 0.717) is 23.9 Å². The molecule has 0 bridgehead atoms. The molecule has 1 aromatic carbocycles. The fraction of sp³-hybridized carbons (Fsp3) is 0.214. The van der Waals surface area contributed by atoms with E-state index in [9.17, 15) is 8.42 Å². The summed E-state index contributed by atoms with van der Waals surface area (Å²) in [5, 5.41) is 0. The molecule has 0 saturated carbocycles. The number of ether oxygens (including phenoxy) is 1. The van der Waals surface area contributed by atoms with Gasteiger partial charge in [0.25, 0.3) is 10.0 Å². The van der Waals surface area contributed by atoms with Crippen LogP contribution in [0.15, 0.2) is 47.5 Å². The minimum absolute atomic E-state index is 0.191. The number of aromatic nitrogens is 1. The summed E-state index contributed by atoms with van der Waals surface area (Å²) in [6.07, 6.45) is 2.11. The van der Waals surface area contributed by atoms with Gasteiger partial charge in [-0.1, -0.05) is 12.1 Å². The monoisotopic (exact) mass is 326 g/mol. The van der Waals surface area contributed by atoms with Crippen LogP contribution in [0.4, 0.5) is 5.69 Å². The summed E-state index contributed by atoms with van der Waals surface area (Å²) in [6.45, 7) is 0. The van der Waals surface area contributed by atoms with Gasteiger partial charge in [0.1, 0.15) is 0 Å². The molecule has 0 aliphatic carbocycles. The third kappa shape index (κ3) is 4.09. The largest absolute Gasteiger partial charge is 0.481 e. The number of halogens is 1. The highest BCUT2D eigenvalue weighted by Gasteiger charge is 2.14. The molecule has 1 aromatic heterocycles. The van der Waals surface area contributed by atoms with Crippen LogP contribution in [-0.4, -0.2) is 26.4 Å². The summed E-state index contributed by atoms with van der Waals surface area (Å²) < 4.78 is 31.8. The zero-order valence-corrected chi connectivity index (χ0v) is 13.0. The molecule has 0 radical (unpaired) electrons. The van der Waals surface area contributed by atoms with Crippen LogP contribution in [0.25, 0.3) is 0 Å². The third-order valence-corrected chi connectivity index (χ3v) is 4.40. The van der Waals surface area contributed by atoms with Gasteiger partial charge in [0, 0.05) is 11.9 Å². The molecular weight excluding hydrogens is 312 g/mol. The van der Waals surface area contributed by atoms with E-state index in [0.717, 1.165) is 5.56 Å². The van der Waals surface area contributed by atoms with E-state index in [-0.39, 0.29) is 4.90 Å². The van der Waals surface area contributed by atoms with Crippen molar-refractivity contribution < 1.29 is 13.2 Å². The number of benzene rings is 1. The molecule has 2 rings (SSSR count). The smallest absolute Gasteiger partial charge is 0.261 e. The first-order valence-electron chi connectivity index (χ1n) is 6.23. The van der Waals surface area contributed by atoms with Crippen molar-refractivity contribution in [3.63, 3.8) is 0 Å². The summed E-state index contributed by atoms with van der Waals surface area (Å²) >= 11 is 5.65. The lowest BCUT2D eigenvalue weighted by atomic mass is 10.2. The average molecular weight is 327 g/mol. The van der Waals surface area contributed by atoms with Crippen molar-refractivity contribution in [2.75, 3.05) is 17.7 Å². The van der Waals surface area contributed by atoms with Crippen LogP contribution < -0.4 is 9.46 Å². The van der Waals surface area contributed by atoms with Crippen LogP contribution >= 0.6 is 11.6 Å². The quantitative estimate of drug-likeness (QED) is 0.829. The van der Waals surface area contributed by atoms with Crippen LogP contribution in [0.3, 0.4) is 0 Å². The molecule has 21 heavy (non-hydrogen) atoms. The Balaban J connectivity index is 2.16. The zero-order valence-electron chi connectivity index (χ0n) is 11.4. The molecule has 0 aliphatic heterocycles. The first-order valence-corrected chi connectivity index (χ1v) is 8.24. The van der Waals surface area contributed by atoms with Crippen LogP contribution in [0, 0.1) is 0 Å². The summed E-state index contributed by atoms with van der Waals surface area (Å²) in [4.78, 5) is 4.14. The van der Waals surface area contributed by atoms with E-state index >= 15 is 0 Å². The molecule has 0 aliphatic rings. The van der Waals surface area contributed by atoms with Gasteiger partial charge in [-0.3, -0.25) is 4.72 Å². The number of anilines is 1. The Bertz CT molecular complexity index is 685. The van der Waals surface area contributed by atoms with E-state index in [4.69, 9.17) is 16.3 Å². The minimum Gasteiger partial charge on any atom is -0.481 e. The molecule has 1 heterocycles. The Kier molecular flexibility index (Phi) is 5.03. The fourth-order valence-corrected chi connectivity index (χ4v) is 2.98. The predicted molar refractivity (Wildman–Crippen MR) is 82.5 cm³/mol. The predicted octanol–water partition coefficient (Wildman–Crippen LogP) is 2.67. The van der Waals surface area contributed by atoms with Gasteiger partial charge >= 0.3 is 0 Å². The zero-order chi connectivity index (χ0) is 15.3. The van der Waals surface area contributed by atoms with Gasteiger partial charge in [-0.2, -0.15) is 0 Å². The van der Waals surface area contributed by atoms with Crippen LogP contribution in [-0.2, 0) is 16.4 Å². The van der Waals surface area contributed by atoms with Gasteiger partial charge in [-0.15, -0.1) is 11.6 Å². The highest BCUT2D eigenvalue weighted by molar-refractivity contribution is 7.92. The maximum absolute atomic E-state index is 12.2. The molecule has 5 nitrogen and oxygen atoms in total. The van der Waals surface area contributed by atoms with E-state index < -0.39 is 10.0 Å². The fourth-order valence-electron chi connectivity index (χ4n) is 1.72. The Labute approximate surface area is 129 Å². The molecule has 1 N–H and O–H groups in total. The number of pyridine rings is 1. The van der Waals surface area contributed by atoms with E-state index in [2.05, 4.69) is 9.71 Å². The van der Waals surface area contributed by atoms with Crippen molar-refractivity contribution in [1.29, 1.82) is 0 Å². The Morgan fingerprint density at radius 1 is 1.19 bits per heavy atom. The van der Waals surface area contributed by atoms with Crippen molar-refractivity contribution >= 4 is 27.3 Å². The van der Waals surface area contributed by atoms with Gasteiger partial charge in [0.05, 0.1) is 23.9 Å². The SMILES string of the molecule is COc1ccc(NS(=O)(=O)c2ccc(CCCl)cc2)cn1. The number of nitrogens with zero attached hydrogens (tertiary/aromatic N) is 1. The van der Waals surface area contributed by atoms with Gasteiger partial charge < -0.3 is 4.74 Å². The molecule has 2 aromatic rings. The molecule has 112 valence electrons. The molecule has 0 amide bonds. The van der Waals surface area contributed by atoms with Crippen LogP contribution in [0.5, 0.6) is 5.88 Å². The number of aryl methyl sites for hydroxylation is 1. The number of alkyl halides is 1. The summed E-state index contributed by atoms with van der Waals surface area (Å²) in [6, 6.07) is 9.79. The second-order valence-electron chi connectivity index (χ2n) is 4.28. The first-order chi connectivity index (χ1) is 10.0. The van der Waals surface area contributed by atoms with Crippen LogP contribution in [0.2, 0.25) is 0 Å². The van der Waals surface area contributed by atoms with Gasteiger partial charge in [-0.25, -0.2) is 13.4 Å². The van der Waals surface area contributed by atoms with Crippen molar-refractivity contribution in [3.05, 3.63) is 48.2 Å². The summed E-state index contributed by atoms with van der Waals surface area (Å²) in [5.74, 6) is 0.922. The number of methoxy groups -OCH3 is 1. The van der Waals surface area contributed by atoms with Crippen LogP contribution in [0.1, 0.15) is 5.56 Å². The van der Waals surface area contributed by atoms with Gasteiger partial charge in [0.15, 0.2) is 0 Å². The Morgan fingerprint density at radius 3 is 2.43 bits per heavy atom.